The summed E-state index contributed by atoms with van der Waals surface area (Å²) in [6.07, 6.45) is 12.6. The van der Waals surface area contributed by atoms with Crippen LogP contribution in [0.2, 0.25) is 0 Å². The molecule has 0 aromatic carbocycles. The van der Waals surface area contributed by atoms with Gasteiger partial charge in [0.2, 0.25) is 0 Å². The molecule has 0 aliphatic rings. The minimum absolute atomic E-state index is 0.0874. The summed E-state index contributed by atoms with van der Waals surface area (Å²) in [5.41, 5.74) is 1.28. The zero-order chi connectivity index (χ0) is 20.0. The molecule has 0 radical (unpaired) electrons. The van der Waals surface area contributed by atoms with Gasteiger partial charge in [0.15, 0.2) is 11.4 Å². The Labute approximate surface area is 159 Å². The Morgan fingerprint density at radius 3 is 2.70 bits per heavy atom. The lowest BCUT2D eigenvalue weighted by atomic mass is 10.1. The van der Waals surface area contributed by atoms with Crippen LogP contribution in [0.3, 0.4) is 0 Å². The Bertz CT molecular complexity index is 880. The third kappa shape index (κ3) is 4.87. The summed E-state index contributed by atoms with van der Waals surface area (Å²) >= 11 is 0. The van der Waals surface area contributed by atoms with Crippen LogP contribution in [0.1, 0.15) is 60.8 Å². The van der Waals surface area contributed by atoms with E-state index in [1.165, 1.54) is 29.1 Å². The van der Waals surface area contributed by atoms with Gasteiger partial charge >= 0.3 is 0 Å². The normalized spacial score (nSPS) is 12.4. The highest BCUT2D eigenvalue weighted by molar-refractivity contribution is 5.92. The van der Waals surface area contributed by atoms with E-state index in [0.717, 1.165) is 19.3 Å². The predicted molar refractivity (Wildman–Crippen MR) is 106 cm³/mol. The van der Waals surface area contributed by atoms with Crippen molar-refractivity contribution in [1.29, 1.82) is 0 Å². The molecule has 0 bridgehead atoms. The summed E-state index contributed by atoms with van der Waals surface area (Å²) in [5.74, 6) is -1.09. The molecule has 0 aliphatic heterocycles. The number of nitrogens with zero attached hydrogens (tertiary/aromatic N) is 3. The Balaban J connectivity index is 2.37. The van der Waals surface area contributed by atoms with Crippen LogP contribution in [0.25, 0.3) is 6.08 Å². The van der Waals surface area contributed by atoms with Crippen LogP contribution in [-0.2, 0) is 6.54 Å². The van der Waals surface area contributed by atoms with Crippen molar-refractivity contribution in [1.82, 2.24) is 19.7 Å². The second-order valence-corrected chi connectivity index (χ2v) is 6.59. The number of amides is 1. The zero-order valence-corrected chi connectivity index (χ0v) is 16.4. The number of nitrogens with one attached hydrogen (secondary N) is 1. The average molecular weight is 372 g/mol. The van der Waals surface area contributed by atoms with Gasteiger partial charge in [0.1, 0.15) is 0 Å². The molecule has 0 saturated carbocycles. The maximum Gasteiger partial charge on any atom is 0.275 e. The van der Waals surface area contributed by atoms with Gasteiger partial charge in [-0.1, -0.05) is 32.4 Å². The summed E-state index contributed by atoms with van der Waals surface area (Å²) in [6.45, 7) is 6.72. The van der Waals surface area contributed by atoms with Gasteiger partial charge < -0.3 is 15.0 Å². The number of aromatic hydroxyl groups is 1. The lowest BCUT2D eigenvalue weighted by Gasteiger charge is -2.20. The molecule has 0 aliphatic carbocycles. The van der Waals surface area contributed by atoms with Crippen LogP contribution in [0.15, 0.2) is 29.5 Å². The Morgan fingerprint density at radius 1 is 1.33 bits per heavy atom. The number of aryl methyl sites for hydroxylation is 1. The van der Waals surface area contributed by atoms with E-state index in [9.17, 15) is 14.7 Å². The number of rotatable bonds is 8. The fourth-order valence-electron chi connectivity index (χ4n) is 3.00. The van der Waals surface area contributed by atoms with Gasteiger partial charge in [0.05, 0.1) is 18.8 Å². The number of allylic oxidation sites excluding steroid dienone is 1. The summed E-state index contributed by atoms with van der Waals surface area (Å²) < 4.78 is 3.61. The first-order valence-corrected chi connectivity index (χ1v) is 9.28. The fraction of sp³-hybridized carbons (Fsp3) is 0.450. The van der Waals surface area contributed by atoms with E-state index >= 15 is 0 Å². The summed E-state index contributed by atoms with van der Waals surface area (Å²) in [4.78, 5) is 23.8. The van der Waals surface area contributed by atoms with Crippen LogP contribution in [-0.4, -0.2) is 32.4 Å². The third-order valence-corrected chi connectivity index (χ3v) is 4.45. The molecular formula is C20H28N4O3. The van der Waals surface area contributed by atoms with Crippen molar-refractivity contribution in [2.24, 2.45) is 0 Å². The summed E-state index contributed by atoms with van der Waals surface area (Å²) in [5, 5.41) is 16.4. The molecule has 1 atom stereocenters. The first kappa shape index (κ1) is 20.5. The number of carbonyl (C=O) groups is 1. The van der Waals surface area contributed by atoms with Crippen molar-refractivity contribution in [3.05, 3.63) is 51.7 Å². The standard InChI is InChI=1S/C20H28N4O3/c1-5-7-9-15-11-23(10-14(15)3)16(8-6-2)12-24-13-17(25)19(26)18(22-24)20(27)21-4/h7,9-11,13,16,25H,5-6,8,12H2,1-4H3,(H,21,27)/b9-7-. The monoisotopic (exact) mass is 372 g/mol. The van der Waals surface area contributed by atoms with E-state index in [1.807, 2.05) is 0 Å². The molecule has 2 aromatic rings. The second-order valence-electron chi connectivity index (χ2n) is 6.59. The molecule has 7 heteroatoms. The van der Waals surface area contributed by atoms with Crippen molar-refractivity contribution in [2.45, 2.75) is 52.6 Å². The highest BCUT2D eigenvalue weighted by Gasteiger charge is 2.18. The van der Waals surface area contributed by atoms with Gasteiger partial charge in [0, 0.05) is 19.4 Å². The molecule has 2 heterocycles. The fourth-order valence-corrected chi connectivity index (χ4v) is 3.00. The molecule has 2 N–H and O–H groups in total. The molecule has 1 amide bonds. The molecule has 146 valence electrons. The smallest absolute Gasteiger partial charge is 0.275 e. The largest absolute Gasteiger partial charge is 0.503 e. The van der Waals surface area contributed by atoms with E-state index in [2.05, 4.69) is 60.3 Å². The first-order chi connectivity index (χ1) is 12.9. The third-order valence-electron chi connectivity index (χ3n) is 4.45. The van der Waals surface area contributed by atoms with Crippen molar-refractivity contribution in [3.8, 4) is 5.75 Å². The first-order valence-electron chi connectivity index (χ1n) is 9.28. The minimum atomic E-state index is -0.763. The molecule has 2 rings (SSSR count). The molecule has 27 heavy (non-hydrogen) atoms. The molecule has 7 nitrogen and oxygen atoms in total. The van der Waals surface area contributed by atoms with Crippen molar-refractivity contribution < 1.29 is 9.90 Å². The number of aromatic nitrogens is 3. The molecular weight excluding hydrogens is 344 g/mol. The summed E-state index contributed by atoms with van der Waals surface area (Å²) in [6, 6.07) is 0.0874. The number of carbonyl (C=O) groups excluding carboxylic acids is 1. The average Bonchev–Trinajstić information content (AvgIpc) is 3.02. The van der Waals surface area contributed by atoms with Gasteiger partial charge in [-0.25, -0.2) is 0 Å². The minimum Gasteiger partial charge on any atom is -0.503 e. The lowest BCUT2D eigenvalue weighted by Crippen LogP contribution is -2.30. The van der Waals surface area contributed by atoms with E-state index in [4.69, 9.17) is 0 Å². The highest BCUT2D eigenvalue weighted by atomic mass is 16.3. The molecule has 0 saturated heterocycles. The predicted octanol–water partition coefficient (Wildman–Crippen LogP) is 2.88. The van der Waals surface area contributed by atoms with Crippen LogP contribution >= 0.6 is 0 Å². The van der Waals surface area contributed by atoms with Crippen molar-refractivity contribution in [3.63, 3.8) is 0 Å². The number of hydrogen-bond acceptors (Lipinski definition) is 4. The maximum atomic E-state index is 12.0. The maximum absolute atomic E-state index is 12.0. The van der Waals surface area contributed by atoms with Crippen molar-refractivity contribution >= 4 is 12.0 Å². The van der Waals surface area contributed by atoms with Gasteiger partial charge in [-0.2, -0.15) is 5.10 Å². The molecule has 1 unspecified atom stereocenters. The lowest BCUT2D eigenvalue weighted by molar-refractivity contribution is 0.0953. The quantitative estimate of drug-likeness (QED) is 0.746. The van der Waals surface area contributed by atoms with Crippen LogP contribution in [0.5, 0.6) is 5.75 Å². The zero-order valence-electron chi connectivity index (χ0n) is 16.4. The summed E-state index contributed by atoms with van der Waals surface area (Å²) in [7, 11) is 1.42. The van der Waals surface area contributed by atoms with Gasteiger partial charge in [-0.3, -0.25) is 14.3 Å². The number of hydrogen-bond donors (Lipinski definition) is 2. The van der Waals surface area contributed by atoms with E-state index in [-0.39, 0.29) is 11.7 Å². The van der Waals surface area contributed by atoms with Gasteiger partial charge in [-0.15, -0.1) is 0 Å². The Kier molecular flexibility index (Phi) is 6.98. The molecule has 0 spiro atoms. The van der Waals surface area contributed by atoms with Crippen LogP contribution in [0, 0.1) is 6.92 Å². The van der Waals surface area contributed by atoms with E-state index in [1.54, 1.807) is 0 Å². The Hall–Kier alpha value is -2.83. The van der Waals surface area contributed by atoms with Crippen LogP contribution in [0.4, 0.5) is 0 Å². The SMILES string of the molecule is CC/C=C\c1cn(C(CCC)Cn2cc(O)c(=O)c(C(=O)NC)n2)cc1C. The van der Waals surface area contributed by atoms with Crippen LogP contribution < -0.4 is 10.7 Å². The van der Waals surface area contributed by atoms with Gasteiger partial charge in [-0.05, 0) is 30.9 Å². The Morgan fingerprint density at radius 2 is 2.07 bits per heavy atom. The van der Waals surface area contributed by atoms with E-state index in [0.29, 0.717) is 6.54 Å². The highest BCUT2D eigenvalue weighted by Crippen LogP contribution is 2.22. The second kappa shape index (κ2) is 9.21. The van der Waals surface area contributed by atoms with Gasteiger partial charge in [0.25, 0.3) is 11.3 Å². The van der Waals surface area contributed by atoms with Crippen molar-refractivity contribution in [2.75, 3.05) is 7.05 Å². The topological polar surface area (TPSA) is 89.1 Å². The molecule has 2 aromatic heterocycles. The van der Waals surface area contributed by atoms with E-state index < -0.39 is 17.1 Å². The molecule has 0 fully saturated rings.